The van der Waals surface area contributed by atoms with Gasteiger partial charge in [0.15, 0.2) is 0 Å². The SMILES string of the molecule is CC(C)(C)C1CCC(CNCc2ccccc2Br)CC1. The van der Waals surface area contributed by atoms with Gasteiger partial charge in [-0.3, -0.25) is 0 Å². The fourth-order valence-corrected chi connectivity index (χ4v) is 3.71. The van der Waals surface area contributed by atoms with Crippen LogP contribution < -0.4 is 5.32 Å². The van der Waals surface area contributed by atoms with Gasteiger partial charge in [-0.05, 0) is 61.1 Å². The van der Waals surface area contributed by atoms with Crippen LogP contribution in [0.1, 0.15) is 52.0 Å². The predicted octanol–water partition coefficient (Wildman–Crippen LogP) is 5.39. The molecule has 1 saturated carbocycles. The van der Waals surface area contributed by atoms with Gasteiger partial charge in [0.2, 0.25) is 0 Å². The fourth-order valence-electron chi connectivity index (χ4n) is 3.29. The summed E-state index contributed by atoms with van der Waals surface area (Å²) < 4.78 is 1.21. The summed E-state index contributed by atoms with van der Waals surface area (Å²) in [6, 6.07) is 8.48. The van der Waals surface area contributed by atoms with Crippen molar-refractivity contribution in [1.29, 1.82) is 0 Å². The molecule has 0 bridgehead atoms. The average molecular weight is 338 g/mol. The highest BCUT2D eigenvalue weighted by molar-refractivity contribution is 9.10. The standard InChI is InChI=1S/C18H28BrN/c1-18(2,3)16-10-8-14(9-11-16)12-20-13-15-6-4-5-7-17(15)19/h4-7,14,16,20H,8-13H2,1-3H3. The third-order valence-electron chi connectivity index (χ3n) is 4.78. The molecule has 1 fully saturated rings. The van der Waals surface area contributed by atoms with Crippen molar-refractivity contribution in [3.05, 3.63) is 34.3 Å². The normalized spacial score (nSPS) is 23.8. The van der Waals surface area contributed by atoms with E-state index in [1.165, 1.54) is 35.7 Å². The molecule has 0 amide bonds. The second-order valence-electron chi connectivity index (χ2n) is 7.31. The summed E-state index contributed by atoms with van der Waals surface area (Å²) in [5.74, 6) is 1.79. The number of benzene rings is 1. The van der Waals surface area contributed by atoms with Crippen LogP contribution in [-0.4, -0.2) is 6.54 Å². The molecule has 2 rings (SSSR count). The van der Waals surface area contributed by atoms with Gasteiger partial charge in [0, 0.05) is 11.0 Å². The molecule has 0 aliphatic heterocycles. The second kappa shape index (κ2) is 7.09. The maximum atomic E-state index is 3.64. The Hall–Kier alpha value is -0.340. The summed E-state index contributed by atoms with van der Waals surface area (Å²) >= 11 is 3.61. The van der Waals surface area contributed by atoms with Crippen LogP contribution in [0, 0.1) is 17.3 Å². The van der Waals surface area contributed by atoms with E-state index in [9.17, 15) is 0 Å². The van der Waals surface area contributed by atoms with E-state index >= 15 is 0 Å². The highest BCUT2D eigenvalue weighted by Crippen LogP contribution is 2.39. The van der Waals surface area contributed by atoms with Gasteiger partial charge in [0.1, 0.15) is 0 Å². The lowest BCUT2D eigenvalue weighted by Crippen LogP contribution is -2.30. The number of hydrogen-bond acceptors (Lipinski definition) is 1. The summed E-state index contributed by atoms with van der Waals surface area (Å²) in [5, 5.41) is 3.64. The van der Waals surface area contributed by atoms with Gasteiger partial charge in [-0.15, -0.1) is 0 Å². The molecule has 0 heterocycles. The maximum Gasteiger partial charge on any atom is 0.0220 e. The zero-order chi connectivity index (χ0) is 14.6. The molecule has 0 radical (unpaired) electrons. The Labute approximate surface area is 132 Å². The lowest BCUT2D eigenvalue weighted by Gasteiger charge is -2.37. The molecule has 112 valence electrons. The molecule has 1 aromatic rings. The van der Waals surface area contributed by atoms with E-state index in [0.717, 1.165) is 24.9 Å². The lowest BCUT2D eigenvalue weighted by atomic mass is 9.70. The maximum absolute atomic E-state index is 3.64. The Balaban J connectivity index is 1.71. The Morgan fingerprint density at radius 2 is 1.75 bits per heavy atom. The van der Waals surface area contributed by atoms with Crippen molar-refractivity contribution < 1.29 is 0 Å². The number of nitrogens with one attached hydrogen (secondary N) is 1. The monoisotopic (exact) mass is 337 g/mol. The Bertz CT molecular complexity index is 414. The predicted molar refractivity (Wildman–Crippen MR) is 90.8 cm³/mol. The van der Waals surface area contributed by atoms with Crippen LogP contribution >= 0.6 is 15.9 Å². The first-order valence-corrected chi connectivity index (χ1v) is 8.70. The first kappa shape index (κ1) is 16.0. The summed E-state index contributed by atoms with van der Waals surface area (Å²) in [7, 11) is 0. The van der Waals surface area contributed by atoms with Gasteiger partial charge in [-0.25, -0.2) is 0 Å². The van der Waals surface area contributed by atoms with Crippen molar-refractivity contribution in [2.24, 2.45) is 17.3 Å². The van der Waals surface area contributed by atoms with E-state index in [4.69, 9.17) is 0 Å². The molecule has 0 saturated heterocycles. The summed E-state index contributed by atoms with van der Waals surface area (Å²) in [6.07, 6.45) is 5.60. The minimum Gasteiger partial charge on any atom is -0.312 e. The van der Waals surface area contributed by atoms with Crippen molar-refractivity contribution >= 4 is 15.9 Å². The van der Waals surface area contributed by atoms with E-state index < -0.39 is 0 Å². The van der Waals surface area contributed by atoms with Gasteiger partial charge < -0.3 is 5.32 Å². The van der Waals surface area contributed by atoms with Crippen molar-refractivity contribution in [2.75, 3.05) is 6.54 Å². The van der Waals surface area contributed by atoms with Crippen molar-refractivity contribution in [3.8, 4) is 0 Å². The summed E-state index contributed by atoms with van der Waals surface area (Å²) in [4.78, 5) is 0. The van der Waals surface area contributed by atoms with E-state index in [-0.39, 0.29) is 0 Å². The third kappa shape index (κ3) is 4.60. The summed E-state index contributed by atoms with van der Waals surface area (Å²) in [5.41, 5.74) is 1.85. The highest BCUT2D eigenvalue weighted by Gasteiger charge is 2.29. The van der Waals surface area contributed by atoms with Gasteiger partial charge in [-0.2, -0.15) is 0 Å². The first-order valence-electron chi connectivity index (χ1n) is 7.91. The van der Waals surface area contributed by atoms with Crippen molar-refractivity contribution in [3.63, 3.8) is 0 Å². The molecule has 1 aliphatic carbocycles. The minimum atomic E-state index is 0.493. The first-order chi connectivity index (χ1) is 9.47. The van der Waals surface area contributed by atoms with Crippen molar-refractivity contribution in [1.82, 2.24) is 5.32 Å². The number of hydrogen-bond donors (Lipinski definition) is 1. The zero-order valence-electron chi connectivity index (χ0n) is 13.1. The van der Waals surface area contributed by atoms with E-state index in [1.807, 2.05) is 0 Å². The lowest BCUT2D eigenvalue weighted by molar-refractivity contribution is 0.149. The van der Waals surface area contributed by atoms with Gasteiger partial charge >= 0.3 is 0 Å². The Kier molecular flexibility index (Phi) is 5.68. The molecule has 0 atom stereocenters. The molecular formula is C18H28BrN. The summed E-state index contributed by atoms with van der Waals surface area (Å²) in [6.45, 7) is 9.31. The highest BCUT2D eigenvalue weighted by atomic mass is 79.9. The van der Waals surface area contributed by atoms with E-state index in [0.29, 0.717) is 5.41 Å². The quantitative estimate of drug-likeness (QED) is 0.776. The molecule has 1 nitrogen and oxygen atoms in total. The van der Waals surface area contributed by atoms with Gasteiger partial charge in [0.05, 0.1) is 0 Å². The van der Waals surface area contributed by atoms with Crippen LogP contribution in [-0.2, 0) is 6.54 Å². The minimum absolute atomic E-state index is 0.493. The third-order valence-corrected chi connectivity index (χ3v) is 5.55. The Morgan fingerprint density at radius 3 is 2.35 bits per heavy atom. The molecule has 20 heavy (non-hydrogen) atoms. The van der Waals surface area contributed by atoms with Crippen LogP contribution in [0.2, 0.25) is 0 Å². The number of rotatable bonds is 4. The number of halogens is 1. The fraction of sp³-hybridized carbons (Fsp3) is 0.667. The molecule has 2 heteroatoms. The van der Waals surface area contributed by atoms with Crippen LogP contribution in [0.25, 0.3) is 0 Å². The van der Waals surface area contributed by atoms with Crippen molar-refractivity contribution in [2.45, 2.75) is 53.0 Å². The van der Waals surface area contributed by atoms with Crippen LogP contribution in [0.5, 0.6) is 0 Å². The molecule has 0 unspecified atom stereocenters. The van der Waals surface area contributed by atoms with Crippen LogP contribution in [0.15, 0.2) is 28.7 Å². The molecule has 0 aromatic heterocycles. The zero-order valence-corrected chi connectivity index (χ0v) is 14.7. The van der Waals surface area contributed by atoms with E-state index in [1.54, 1.807) is 0 Å². The van der Waals surface area contributed by atoms with Crippen LogP contribution in [0.4, 0.5) is 0 Å². The Morgan fingerprint density at radius 1 is 1.10 bits per heavy atom. The second-order valence-corrected chi connectivity index (χ2v) is 8.16. The molecule has 1 aromatic carbocycles. The average Bonchev–Trinajstić information content (AvgIpc) is 2.40. The van der Waals surface area contributed by atoms with E-state index in [2.05, 4.69) is 66.3 Å². The van der Waals surface area contributed by atoms with Gasteiger partial charge in [0.25, 0.3) is 0 Å². The molecule has 0 spiro atoms. The molecular weight excluding hydrogens is 310 g/mol. The molecule has 1 aliphatic rings. The topological polar surface area (TPSA) is 12.0 Å². The van der Waals surface area contributed by atoms with Crippen LogP contribution in [0.3, 0.4) is 0 Å². The molecule has 1 N–H and O–H groups in total. The largest absolute Gasteiger partial charge is 0.312 e. The smallest absolute Gasteiger partial charge is 0.0220 e. The van der Waals surface area contributed by atoms with Gasteiger partial charge in [-0.1, -0.05) is 54.9 Å².